The summed E-state index contributed by atoms with van der Waals surface area (Å²) in [6.07, 6.45) is -2.78. The maximum Gasteiger partial charge on any atom is 0.330 e. The molecular weight excluding hydrogens is 421 g/mol. The molecule has 2 heterocycles. The van der Waals surface area contributed by atoms with Gasteiger partial charge in [0.2, 0.25) is 7.57 Å². The summed E-state index contributed by atoms with van der Waals surface area (Å²) in [4.78, 5) is 35.5. The molecule has 6 atom stereocenters. The fourth-order valence-corrected chi connectivity index (χ4v) is 3.88. The molecule has 1 fully saturated rings. The Morgan fingerprint density at radius 1 is 1.41 bits per heavy atom. The van der Waals surface area contributed by atoms with E-state index in [1.165, 1.54) is 27.1 Å². The van der Waals surface area contributed by atoms with Crippen molar-refractivity contribution in [2.75, 3.05) is 27.5 Å². The van der Waals surface area contributed by atoms with E-state index in [-0.39, 0.29) is 6.61 Å². The third-order valence-corrected chi connectivity index (χ3v) is 6.00. The van der Waals surface area contributed by atoms with Crippen molar-refractivity contribution in [3.63, 3.8) is 0 Å². The molecule has 1 aliphatic heterocycles. The number of nitrogens with zero attached hydrogens (tertiary/aromatic N) is 1. The van der Waals surface area contributed by atoms with Gasteiger partial charge in [-0.2, -0.15) is 0 Å². The van der Waals surface area contributed by atoms with Crippen LogP contribution in [0.15, 0.2) is 21.9 Å². The van der Waals surface area contributed by atoms with Gasteiger partial charge in [0.05, 0.1) is 6.61 Å². The monoisotopic (exact) mass is 440 g/mol. The van der Waals surface area contributed by atoms with Crippen LogP contribution in [0.1, 0.15) is 6.23 Å². The summed E-state index contributed by atoms with van der Waals surface area (Å²) in [5, 5.41) is 0. The molecule has 0 saturated carbocycles. The summed E-state index contributed by atoms with van der Waals surface area (Å²) in [6.45, 7) is -2.72. The van der Waals surface area contributed by atoms with Crippen LogP contribution < -0.4 is 11.2 Å². The van der Waals surface area contributed by atoms with Crippen LogP contribution in [0.4, 0.5) is 0 Å². The van der Waals surface area contributed by atoms with Gasteiger partial charge in [-0.15, -0.1) is 0 Å². The van der Waals surface area contributed by atoms with E-state index in [0.717, 1.165) is 10.6 Å². The Bertz CT molecular complexity index is 871. The van der Waals surface area contributed by atoms with Crippen LogP contribution in [-0.2, 0) is 39.4 Å². The van der Waals surface area contributed by atoms with Gasteiger partial charge in [-0.05, 0) is 11.8 Å². The second-order valence-electron chi connectivity index (χ2n) is 5.71. The normalized spacial score (nSPS) is 29.9. The molecule has 0 bridgehead atoms. The van der Waals surface area contributed by atoms with Gasteiger partial charge in [-0.25, -0.2) is 4.79 Å². The van der Waals surface area contributed by atoms with E-state index in [2.05, 4.69) is 4.98 Å². The van der Waals surface area contributed by atoms with Crippen molar-refractivity contribution >= 4 is 33.3 Å². The number of hydrogen-bond acceptors (Lipinski definition) is 9. The summed E-state index contributed by atoms with van der Waals surface area (Å²) in [6, 6.07) is 1.13. The zero-order valence-electron chi connectivity index (χ0n) is 14.7. The maximum absolute atomic E-state index is 12.1. The summed E-state index contributed by atoms with van der Waals surface area (Å²) in [5.41, 5.74) is -1.33. The number of nitrogens with one attached hydrogen (secondary N) is 1. The first-order valence-corrected chi connectivity index (χ1v) is 12.3. The number of aromatic amines is 1. The third kappa shape index (κ3) is 5.93. The Labute approximate surface area is 161 Å². The van der Waals surface area contributed by atoms with E-state index in [9.17, 15) is 19.0 Å². The molecule has 0 aromatic carbocycles. The first-order valence-electron chi connectivity index (χ1n) is 7.54. The van der Waals surface area contributed by atoms with E-state index < -0.39 is 49.8 Å². The second-order valence-corrected chi connectivity index (χ2v) is 10.7. The lowest BCUT2D eigenvalue weighted by Gasteiger charge is -2.26. The lowest BCUT2D eigenvalue weighted by Crippen LogP contribution is -2.39. The minimum Gasteiger partial charge on any atom is -0.374 e. The highest BCUT2D eigenvalue weighted by Crippen LogP contribution is 2.49. The van der Waals surface area contributed by atoms with Gasteiger partial charge < -0.3 is 28.0 Å². The molecular formula is C12H19BN2O9P2S. The third-order valence-electron chi connectivity index (χ3n) is 3.66. The van der Waals surface area contributed by atoms with Gasteiger partial charge in [-0.1, -0.05) is 0 Å². The highest BCUT2D eigenvalue weighted by atomic mass is 32.5. The SMILES string of the molecule is [B]P(C)(=O)OC[C@H]1O[C@@H](n2ccc(=O)[nH]c2=O)C(OC)[C@H]1OP(O)(=S)OC. The van der Waals surface area contributed by atoms with E-state index in [4.69, 9.17) is 42.4 Å². The molecule has 1 aromatic heterocycles. The topological polar surface area (TPSA) is 138 Å². The Hall–Kier alpha value is -0.615. The van der Waals surface area contributed by atoms with Crippen molar-refractivity contribution < 1.29 is 32.5 Å². The molecule has 1 aliphatic rings. The van der Waals surface area contributed by atoms with Crippen LogP contribution in [0.3, 0.4) is 0 Å². The lowest BCUT2D eigenvalue weighted by molar-refractivity contribution is -0.0599. The van der Waals surface area contributed by atoms with Crippen LogP contribution in [0, 0.1) is 0 Å². The molecule has 2 N–H and O–H groups in total. The van der Waals surface area contributed by atoms with E-state index >= 15 is 0 Å². The largest absolute Gasteiger partial charge is 0.374 e. The Balaban J connectivity index is 2.39. The molecule has 1 aromatic rings. The number of aromatic nitrogens is 2. The Morgan fingerprint density at radius 2 is 2.07 bits per heavy atom. The molecule has 150 valence electrons. The molecule has 15 heteroatoms. The summed E-state index contributed by atoms with van der Waals surface area (Å²) in [7, 11) is 4.55. The number of rotatable bonds is 8. The van der Waals surface area contributed by atoms with Crippen LogP contribution in [0.5, 0.6) is 0 Å². The van der Waals surface area contributed by atoms with Crippen molar-refractivity contribution in [2.45, 2.75) is 24.5 Å². The van der Waals surface area contributed by atoms with Gasteiger partial charge in [0.15, 0.2) is 6.23 Å². The first kappa shape index (κ1) is 22.7. The zero-order chi connectivity index (χ0) is 20.4. The highest BCUT2D eigenvalue weighted by Gasteiger charge is 2.49. The van der Waals surface area contributed by atoms with Crippen LogP contribution >= 0.6 is 14.0 Å². The number of methoxy groups -OCH3 is 1. The van der Waals surface area contributed by atoms with Crippen molar-refractivity contribution in [3.8, 4) is 0 Å². The van der Waals surface area contributed by atoms with Gasteiger partial charge in [0.25, 0.3) is 5.56 Å². The smallest absolute Gasteiger partial charge is 0.330 e. The molecule has 1 saturated heterocycles. The average molecular weight is 440 g/mol. The first-order chi connectivity index (χ1) is 12.5. The second kappa shape index (κ2) is 8.81. The number of ether oxygens (including phenoxy) is 2. The summed E-state index contributed by atoms with van der Waals surface area (Å²) >= 11 is 4.87. The molecule has 27 heavy (non-hydrogen) atoms. The number of H-pyrrole nitrogens is 1. The van der Waals surface area contributed by atoms with Gasteiger partial charge in [0, 0.05) is 33.1 Å². The summed E-state index contributed by atoms with van der Waals surface area (Å²) in [5.74, 6) is 0. The standard InChI is InChI=1S/C12H19BN2O9P2S/c1-20-10-9(24-26(19,27)21-2)7(6-22-25(3,13)18)23-11(10)15-5-4-8(16)14-12(15)17/h4-5,7,9-11H,6H2,1-3H3,(H,19,27)(H,14,16,17)/t7-,9+,10?,11-,25?,26?/m1/s1. The Morgan fingerprint density at radius 3 is 2.59 bits per heavy atom. The molecule has 0 aliphatic carbocycles. The van der Waals surface area contributed by atoms with Crippen LogP contribution in [-0.4, -0.2) is 67.8 Å². The van der Waals surface area contributed by atoms with Crippen molar-refractivity contribution in [1.82, 2.24) is 9.55 Å². The minimum absolute atomic E-state index is 0.289. The van der Waals surface area contributed by atoms with Crippen LogP contribution in [0.2, 0.25) is 0 Å². The molecule has 11 nitrogen and oxygen atoms in total. The van der Waals surface area contributed by atoms with Crippen LogP contribution in [0.25, 0.3) is 0 Å². The summed E-state index contributed by atoms with van der Waals surface area (Å²) < 4.78 is 39.2. The molecule has 2 rings (SSSR count). The van der Waals surface area contributed by atoms with E-state index in [0.29, 0.717) is 0 Å². The van der Waals surface area contributed by atoms with Crippen molar-refractivity contribution in [1.29, 1.82) is 0 Å². The predicted molar refractivity (Wildman–Crippen MR) is 99.7 cm³/mol. The van der Waals surface area contributed by atoms with E-state index in [1.807, 2.05) is 0 Å². The predicted octanol–water partition coefficient (Wildman–Crippen LogP) is -0.295. The van der Waals surface area contributed by atoms with Crippen molar-refractivity contribution in [2.24, 2.45) is 0 Å². The van der Waals surface area contributed by atoms with Gasteiger partial charge in [0.1, 0.15) is 25.6 Å². The highest BCUT2D eigenvalue weighted by molar-refractivity contribution is 8.07. The molecule has 0 amide bonds. The zero-order valence-corrected chi connectivity index (χ0v) is 17.3. The van der Waals surface area contributed by atoms with Gasteiger partial charge in [-0.3, -0.25) is 18.9 Å². The fraction of sp³-hybridized carbons (Fsp3) is 0.667. The molecule has 3 unspecified atom stereocenters. The maximum atomic E-state index is 12.1. The fourth-order valence-electron chi connectivity index (χ4n) is 2.49. The molecule has 2 radical (unpaired) electrons. The minimum atomic E-state index is -3.64. The average Bonchev–Trinajstić information content (AvgIpc) is 2.89. The lowest BCUT2D eigenvalue weighted by atomic mass is 10.1. The number of hydrogen-bond donors (Lipinski definition) is 2. The molecule has 0 spiro atoms. The Kier molecular flexibility index (Phi) is 7.40. The van der Waals surface area contributed by atoms with Gasteiger partial charge >= 0.3 is 12.4 Å². The van der Waals surface area contributed by atoms with E-state index in [1.54, 1.807) is 0 Å². The van der Waals surface area contributed by atoms with Crippen molar-refractivity contribution in [3.05, 3.63) is 33.1 Å². The quantitative estimate of drug-likeness (QED) is 0.410.